The topological polar surface area (TPSA) is 57.7 Å². The van der Waals surface area contributed by atoms with E-state index in [0.29, 0.717) is 0 Å². The number of rotatable bonds is 2. The van der Waals surface area contributed by atoms with E-state index in [-0.39, 0.29) is 39.7 Å². The molecule has 3 amide bonds. The first kappa shape index (κ1) is 17.1. The molecule has 0 fully saturated rings. The van der Waals surface area contributed by atoms with Crippen molar-refractivity contribution in [3.63, 3.8) is 0 Å². The number of nitrogens with zero attached hydrogens (tertiary/aromatic N) is 2. The second kappa shape index (κ2) is 6.11. The summed E-state index contributed by atoms with van der Waals surface area (Å²) in [4.78, 5) is 40.6. The third-order valence-electron chi connectivity index (χ3n) is 4.78. The minimum Gasteiger partial charge on any atom is -0.307 e. The minimum atomic E-state index is -0.531. The summed E-state index contributed by atoms with van der Waals surface area (Å²) in [5.74, 6) is -1.36. The Labute approximate surface area is 160 Å². The Kier molecular flexibility index (Phi) is 4.01. The third-order valence-corrected chi connectivity index (χ3v) is 5.50. The van der Waals surface area contributed by atoms with Gasteiger partial charge in [0.15, 0.2) is 0 Å². The number of amides is 3. The van der Waals surface area contributed by atoms with Gasteiger partial charge in [-0.1, -0.05) is 41.4 Å². The van der Waals surface area contributed by atoms with Crippen molar-refractivity contribution in [2.75, 3.05) is 11.4 Å². The molecule has 2 aliphatic rings. The van der Waals surface area contributed by atoms with Crippen LogP contribution < -0.4 is 4.90 Å². The zero-order valence-electron chi connectivity index (χ0n) is 13.8. The molecular weight excluding hydrogens is 375 g/mol. The Morgan fingerprint density at radius 1 is 1.08 bits per heavy atom. The first-order chi connectivity index (χ1) is 12.4. The van der Waals surface area contributed by atoms with Gasteiger partial charge >= 0.3 is 0 Å². The van der Waals surface area contributed by atoms with Gasteiger partial charge in [-0.2, -0.15) is 0 Å². The average molecular weight is 389 g/mol. The maximum absolute atomic E-state index is 12.9. The molecule has 0 unspecified atom stereocenters. The van der Waals surface area contributed by atoms with E-state index >= 15 is 0 Å². The molecule has 0 N–H and O–H groups in total. The van der Waals surface area contributed by atoms with E-state index in [4.69, 9.17) is 23.2 Å². The van der Waals surface area contributed by atoms with Crippen molar-refractivity contribution in [3.8, 4) is 0 Å². The smallest absolute Gasteiger partial charge is 0.262 e. The van der Waals surface area contributed by atoms with Crippen LogP contribution in [0.3, 0.4) is 0 Å². The van der Waals surface area contributed by atoms with Crippen LogP contribution in [0.5, 0.6) is 0 Å². The van der Waals surface area contributed by atoms with Crippen molar-refractivity contribution in [2.45, 2.75) is 19.4 Å². The Morgan fingerprint density at radius 2 is 1.65 bits per heavy atom. The van der Waals surface area contributed by atoms with E-state index in [0.717, 1.165) is 22.6 Å². The molecule has 0 spiro atoms. The quantitative estimate of drug-likeness (QED) is 0.738. The summed E-state index contributed by atoms with van der Waals surface area (Å²) in [5, 5.41) is 0.392. The monoisotopic (exact) mass is 388 g/mol. The number of anilines is 1. The fourth-order valence-corrected chi connectivity index (χ4v) is 3.91. The molecule has 0 radical (unpaired) electrons. The molecule has 0 aromatic heterocycles. The summed E-state index contributed by atoms with van der Waals surface area (Å²) in [6, 6.07) is 10.4. The van der Waals surface area contributed by atoms with Crippen molar-refractivity contribution < 1.29 is 14.4 Å². The first-order valence-corrected chi connectivity index (χ1v) is 8.89. The molecule has 132 valence electrons. The number of para-hydroxylation sites is 1. The highest BCUT2D eigenvalue weighted by molar-refractivity contribution is 6.43. The Balaban J connectivity index is 1.61. The predicted octanol–water partition coefficient (Wildman–Crippen LogP) is 3.57. The van der Waals surface area contributed by atoms with Gasteiger partial charge in [0.2, 0.25) is 5.91 Å². The van der Waals surface area contributed by atoms with Crippen LogP contribution in [0.1, 0.15) is 33.2 Å². The fraction of sp³-hybridized carbons (Fsp3) is 0.211. The van der Waals surface area contributed by atoms with Gasteiger partial charge in [0, 0.05) is 11.7 Å². The molecule has 7 heteroatoms. The summed E-state index contributed by atoms with van der Waals surface area (Å²) >= 11 is 11.9. The largest absolute Gasteiger partial charge is 0.307 e. The molecule has 2 heterocycles. The van der Waals surface area contributed by atoms with Crippen molar-refractivity contribution in [1.82, 2.24) is 4.90 Å². The SMILES string of the molecule is C[C@H]1Cc2ccccc2N1C(=O)CN1C(=O)c2cc(Cl)c(Cl)cc2C1=O. The van der Waals surface area contributed by atoms with Gasteiger partial charge in [-0.25, -0.2) is 0 Å². The predicted molar refractivity (Wildman–Crippen MR) is 98.9 cm³/mol. The number of fused-ring (bicyclic) bond motifs is 2. The molecule has 5 nitrogen and oxygen atoms in total. The Hall–Kier alpha value is -2.37. The van der Waals surface area contributed by atoms with E-state index in [1.807, 2.05) is 31.2 Å². The summed E-state index contributed by atoms with van der Waals surface area (Å²) < 4.78 is 0. The summed E-state index contributed by atoms with van der Waals surface area (Å²) in [5.41, 5.74) is 2.25. The summed E-state index contributed by atoms with van der Waals surface area (Å²) in [7, 11) is 0. The zero-order chi connectivity index (χ0) is 18.6. The van der Waals surface area contributed by atoms with Crippen LogP contribution in [0, 0.1) is 0 Å². The molecule has 2 aromatic rings. The van der Waals surface area contributed by atoms with Crippen LogP contribution in [0.2, 0.25) is 10.0 Å². The van der Waals surface area contributed by atoms with Crippen LogP contribution >= 0.6 is 23.2 Å². The van der Waals surface area contributed by atoms with Gasteiger partial charge in [-0.05, 0) is 37.1 Å². The van der Waals surface area contributed by atoms with Crippen LogP contribution in [0.4, 0.5) is 5.69 Å². The molecule has 0 saturated heterocycles. The van der Waals surface area contributed by atoms with Crippen molar-refractivity contribution in [3.05, 3.63) is 63.1 Å². The number of carbonyl (C=O) groups is 3. The number of hydrogen-bond acceptors (Lipinski definition) is 3. The molecule has 2 aromatic carbocycles. The highest BCUT2D eigenvalue weighted by atomic mass is 35.5. The fourth-order valence-electron chi connectivity index (χ4n) is 3.58. The lowest BCUT2D eigenvalue weighted by atomic mass is 10.1. The second-order valence-electron chi connectivity index (χ2n) is 6.45. The van der Waals surface area contributed by atoms with Crippen LogP contribution in [0.25, 0.3) is 0 Å². The van der Waals surface area contributed by atoms with E-state index in [9.17, 15) is 14.4 Å². The van der Waals surface area contributed by atoms with E-state index in [2.05, 4.69) is 0 Å². The summed E-state index contributed by atoms with van der Waals surface area (Å²) in [6.07, 6.45) is 0.745. The van der Waals surface area contributed by atoms with Gasteiger partial charge in [-0.15, -0.1) is 0 Å². The molecule has 4 rings (SSSR count). The molecule has 26 heavy (non-hydrogen) atoms. The Bertz CT molecular complexity index is 932. The van der Waals surface area contributed by atoms with Crippen molar-refractivity contribution in [2.24, 2.45) is 0 Å². The highest BCUT2D eigenvalue weighted by Gasteiger charge is 2.40. The van der Waals surface area contributed by atoms with Gasteiger partial charge in [0.05, 0.1) is 21.2 Å². The van der Waals surface area contributed by atoms with Gasteiger partial charge in [0.25, 0.3) is 11.8 Å². The van der Waals surface area contributed by atoms with Crippen molar-refractivity contribution in [1.29, 1.82) is 0 Å². The minimum absolute atomic E-state index is 0.0287. The lowest BCUT2D eigenvalue weighted by Gasteiger charge is -2.25. The Morgan fingerprint density at radius 3 is 2.27 bits per heavy atom. The lowest BCUT2D eigenvalue weighted by Crippen LogP contribution is -2.45. The van der Waals surface area contributed by atoms with Crippen LogP contribution in [-0.4, -0.2) is 35.2 Å². The number of hydrogen-bond donors (Lipinski definition) is 0. The van der Waals surface area contributed by atoms with Crippen LogP contribution in [-0.2, 0) is 11.2 Å². The standard InChI is InChI=1S/C19H14Cl2N2O3/c1-10-6-11-4-2-3-5-16(11)23(10)17(24)9-22-18(25)12-7-14(20)15(21)8-13(12)19(22)26/h2-5,7-8,10H,6,9H2,1H3/t10-/m0/s1. The maximum atomic E-state index is 12.9. The van der Waals surface area contributed by atoms with E-state index < -0.39 is 11.8 Å². The number of benzene rings is 2. The molecule has 1 atom stereocenters. The second-order valence-corrected chi connectivity index (χ2v) is 7.27. The third kappa shape index (κ3) is 2.50. The van der Waals surface area contributed by atoms with Crippen LogP contribution in [0.15, 0.2) is 36.4 Å². The van der Waals surface area contributed by atoms with E-state index in [1.54, 1.807) is 4.90 Å². The molecule has 0 bridgehead atoms. The summed E-state index contributed by atoms with van der Waals surface area (Å²) in [6.45, 7) is 1.63. The van der Waals surface area contributed by atoms with Gasteiger partial charge < -0.3 is 4.90 Å². The molecule has 2 aliphatic heterocycles. The molecule has 0 saturated carbocycles. The first-order valence-electron chi connectivity index (χ1n) is 8.13. The maximum Gasteiger partial charge on any atom is 0.262 e. The number of halogens is 2. The van der Waals surface area contributed by atoms with Gasteiger partial charge in [-0.3, -0.25) is 19.3 Å². The number of carbonyl (C=O) groups excluding carboxylic acids is 3. The molecular formula is C19H14Cl2N2O3. The highest BCUT2D eigenvalue weighted by Crippen LogP contribution is 2.34. The van der Waals surface area contributed by atoms with Gasteiger partial charge in [0.1, 0.15) is 6.54 Å². The number of imide groups is 1. The van der Waals surface area contributed by atoms with E-state index in [1.165, 1.54) is 12.1 Å². The zero-order valence-corrected chi connectivity index (χ0v) is 15.3. The normalized spacial score (nSPS) is 18.3. The lowest BCUT2D eigenvalue weighted by molar-refractivity contribution is -0.119. The molecule has 0 aliphatic carbocycles. The van der Waals surface area contributed by atoms with Crippen molar-refractivity contribution >= 4 is 46.6 Å². The average Bonchev–Trinajstić information content (AvgIpc) is 3.05.